The molecule has 0 atom stereocenters. The van der Waals surface area contributed by atoms with E-state index in [1.54, 1.807) is 6.07 Å². The molecule has 0 fully saturated rings. The minimum atomic E-state index is -0.260. The first-order chi connectivity index (χ1) is 12.2. The highest BCUT2D eigenvalue weighted by atomic mass is 32.1. The fraction of sp³-hybridized carbons (Fsp3) is 0.357. The number of hydrogen-bond acceptors (Lipinski definition) is 8. The molecule has 10 nitrogen and oxygen atoms in total. The SMILES string of the molecule is CCCc1nnsc1C(=O)NCCn1nc(-n2cncn2)ccc1=O. The molecule has 0 aliphatic rings. The highest BCUT2D eigenvalue weighted by molar-refractivity contribution is 7.08. The summed E-state index contributed by atoms with van der Waals surface area (Å²) in [5.74, 6) is 0.235. The number of aryl methyl sites for hydroxylation is 1. The van der Waals surface area contributed by atoms with Crippen LogP contribution in [0.15, 0.2) is 29.6 Å². The first kappa shape index (κ1) is 16.9. The van der Waals surface area contributed by atoms with Crippen molar-refractivity contribution in [3.8, 4) is 5.82 Å². The van der Waals surface area contributed by atoms with Crippen molar-refractivity contribution in [2.45, 2.75) is 26.3 Å². The van der Waals surface area contributed by atoms with Gasteiger partial charge >= 0.3 is 0 Å². The second-order valence-corrected chi connectivity index (χ2v) is 5.90. The van der Waals surface area contributed by atoms with Crippen molar-refractivity contribution < 1.29 is 4.79 Å². The topological polar surface area (TPSA) is 120 Å². The maximum absolute atomic E-state index is 12.2. The molecule has 1 amide bonds. The Balaban J connectivity index is 1.64. The molecule has 11 heteroatoms. The lowest BCUT2D eigenvalue weighted by molar-refractivity contribution is 0.0954. The number of carbonyl (C=O) groups is 1. The summed E-state index contributed by atoms with van der Waals surface area (Å²) in [5, 5.41) is 14.9. The van der Waals surface area contributed by atoms with Gasteiger partial charge in [-0.2, -0.15) is 5.10 Å². The van der Waals surface area contributed by atoms with E-state index in [-0.39, 0.29) is 24.6 Å². The minimum Gasteiger partial charge on any atom is -0.349 e. The van der Waals surface area contributed by atoms with E-state index in [1.165, 1.54) is 28.1 Å². The molecule has 25 heavy (non-hydrogen) atoms. The second kappa shape index (κ2) is 7.75. The third kappa shape index (κ3) is 3.94. The van der Waals surface area contributed by atoms with Crippen LogP contribution in [-0.2, 0) is 13.0 Å². The number of amides is 1. The van der Waals surface area contributed by atoms with Gasteiger partial charge in [-0.1, -0.05) is 17.8 Å². The van der Waals surface area contributed by atoms with Crippen LogP contribution < -0.4 is 10.9 Å². The highest BCUT2D eigenvalue weighted by Gasteiger charge is 2.15. The maximum atomic E-state index is 12.2. The molecule has 0 spiro atoms. The summed E-state index contributed by atoms with van der Waals surface area (Å²) in [6, 6.07) is 2.96. The van der Waals surface area contributed by atoms with Crippen LogP contribution in [0.2, 0.25) is 0 Å². The minimum absolute atomic E-state index is 0.237. The summed E-state index contributed by atoms with van der Waals surface area (Å²) in [4.78, 5) is 28.5. The highest BCUT2D eigenvalue weighted by Crippen LogP contribution is 2.12. The van der Waals surface area contributed by atoms with Gasteiger partial charge in [-0.15, -0.1) is 10.2 Å². The Morgan fingerprint density at radius 1 is 1.36 bits per heavy atom. The largest absolute Gasteiger partial charge is 0.349 e. The Bertz CT molecular complexity index is 902. The Hall–Kier alpha value is -2.95. The van der Waals surface area contributed by atoms with Crippen molar-refractivity contribution in [3.63, 3.8) is 0 Å². The number of aromatic nitrogens is 7. The van der Waals surface area contributed by atoms with Gasteiger partial charge in [-0.3, -0.25) is 9.59 Å². The first-order valence-electron chi connectivity index (χ1n) is 7.71. The van der Waals surface area contributed by atoms with Crippen LogP contribution >= 0.6 is 11.5 Å². The van der Waals surface area contributed by atoms with E-state index >= 15 is 0 Å². The van der Waals surface area contributed by atoms with Gasteiger partial charge in [-0.05, 0) is 24.0 Å². The van der Waals surface area contributed by atoms with Gasteiger partial charge in [0.25, 0.3) is 11.5 Å². The fourth-order valence-corrected chi connectivity index (χ4v) is 2.81. The zero-order valence-electron chi connectivity index (χ0n) is 13.5. The van der Waals surface area contributed by atoms with Gasteiger partial charge in [0.2, 0.25) is 0 Å². The van der Waals surface area contributed by atoms with Crippen molar-refractivity contribution in [3.05, 3.63) is 45.7 Å². The molecule has 0 saturated carbocycles. The van der Waals surface area contributed by atoms with E-state index in [0.29, 0.717) is 22.8 Å². The summed E-state index contributed by atoms with van der Waals surface area (Å²) < 4.78 is 6.56. The summed E-state index contributed by atoms with van der Waals surface area (Å²) in [6.07, 6.45) is 4.47. The molecule has 0 unspecified atom stereocenters. The average Bonchev–Trinajstić information content (AvgIpc) is 3.28. The number of carbonyl (C=O) groups excluding carboxylic acids is 1. The van der Waals surface area contributed by atoms with Crippen LogP contribution in [0.5, 0.6) is 0 Å². The molecule has 1 N–H and O–H groups in total. The van der Waals surface area contributed by atoms with Crippen molar-refractivity contribution in [2.75, 3.05) is 6.54 Å². The zero-order valence-corrected chi connectivity index (χ0v) is 14.3. The van der Waals surface area contributed by atoms with Crippen LogP contribution in [0, 0.1) is 0 Å². The van der Waals surface area contributed by atoms with Crippen molar-refractivity contribution in [2.24, 2.45) is 0 Å². The Morgan fingerprint density at radius 3 is 3.00 bits per heavy atom. The third-order valence-electron chi connectivity index (χ3n) is 3.36. The average molecular weight is 360 g/mol. The first-order valence-corrected chi connectivity index (χ1v) is 8.49. The van der Waals surface area contributed by atoms with Crippen LogP contribution in [0.3, 0.4) is 0 Å². The van der Waals surface area contributed by atoms with Gasteiger partial charge in [0.05, 0.1) is 12.2 Å². The zero-order chi connectivity index (χ0) is 17.6. The van der Waals surface area contributed by atoms with E-state index in [9.17, 15) is 9.59 Å². The van der Waals surface area contributed by atoms with Crippen molar-refractivity contribution >= 4 is 17.4 Å². The summed E-state index contributed by atoms with van der Waals surface area (Å²) in [7, 11) is 0. The number of hydrogen-bond donors (Lipinski definition) is 1. The lowest BCUT2D eigenvalue weighted by atomic mass is 10.2. The van der Waals surface area contributed by atoms with Crippen molar-refractivity contribution in [1.29, 1.82) is 0 Å². The Kier molecular flexibility index (Phi) is 5.23. The summed E-state index contributed by atoms with van der Waals surface area (Å²) in [6.45, 7) is 2.51. The standard InChI is InChI=1S/C14H16N8O2S/c1-2-3-10-13(25-20-18-10)14(24)16-6-7-21-12(23)5-4-11(19-21)22-9-15-8-17-22/h4-5,8-9H,2-3,6-7H2,1H3,(H,16,24). The molecule has 3 rings (SSSR count). The molecule has 3 heterocycles. The van der Waals surface area contributed by atoms with Crippen LogP contribution in [0.1, 0.15) is 28.7 Å². The lowest BCUT2D eigenvalue weighted by Gasteiger charge is -2.08. The molecule has 130 valence electrons. The smallest absolute Gasteiger partial charge is 0.266 e. The quantitative estimate of drug-likeness (QED) is 0.632. The van der Waals surface area contributed by atoms with Gasteiger partial charge < -0.3 is 5.32 Å². The molecule has 0 bridgehead atoms. The predicted octanol–water partition coefficient (Wildman–Crippen LogP) is 0.0580. The molecule has 0 saturated heterocycles. The van der Waals surface area contributed by atoms with Gasteiger partial charge in [-0.25, -0.2) is 14.3 Å². The predicted molar refractivity (Wildman–Crippen MR) is 89.7 cm³/mol. The Labute approximate surface area is 146 Å². The van der Waals surface area contributed by atoms with Crippen LogP contribution in [0.25, 0.3) is 5.82 Å². The third-order valence-corrected chi connectivity index (χ3v) is 4.13. The molecule has 0 aliphatic heterocycles. The molecular formula is C14H16N8O2S. The van der Waals surface area contributed by atoms with E-state index in [1.807, 2.05) is 6.92 Å². The Morgan fingerprint density at radius 2 is 2.24 bits per heavy atom. The fourth-order valence-electron chi connectivity index (χ4n) is 2.18. The van der Waals surface area contributed by atoms with Crippen LogP contribution in [-0.4, -0.2) is 46.6 Å². The number of nitrogens with zero attached hydrogens (tertiary/aromatic N) is 7. The second-order valence-electron chi connectivity index (χ2n) is 5.15. The van der Waals surface area contributed by atoms with Gasteiger partial charge in [0.15, 0.2) is 5.82 Å². The number of rotatable bonds is 7. The van der Waals surface area contributed by atoms with E-state index in [0.717, 1.165) is 18.0 Å². The molecule has 0 aromatic carbocycles. The normalized spacial score (nSPS) is 10.8. The maximum Gasteiger partial charge on any atom is 0.266 e. The van der Waals surface area contributed by atoms with Crippen molar-refractivity contribution in [1.82, 2.24) is 39.4 Å². The number of nitrogens with one attached hydrogen (secondary N) is 1. The molecule has 3 aromatic rings. The summed E-state index contributed by atoms with van der Waals surface area (Å²) in [5.41, 5.74) is 0.442. The lowest BCUT2D eigenvalue weighted by Crippen LogP contribution is -2.32. The molecular weight excluding hydrogens is 344 g/mol. The molecule has 0 radical (unpaired) electrons. The van der Waals surface area contributed by atoms with Crippen LogP contribution in [0.4, 0.5) is 0 Å². The van der Waals surface area contributed by atoms with E-state index in [2.05, 4.69) is 30.1 Å². The molecule has 0 aliphatic carbocycles. The summed E-state index contributed by atoms with van der Waals surface area (Å²) >= 11 is 1.07. The monoisotopic (exact) mass is 360 g/mol. The van der Waals surface area contributed by atoms with E-state index in [4.69, 9.17) is 0 Å². The van der Waals surface area contributed by atoms with E-state index < -0.39 is 0 Å². The van der Waals surface area contributed by atoms with Gasteiger partial charge in [0.1, 0.15) is 17.5 Å². The van der Waals surface area contributed by atoms with Gasteiger partial charge in [0, 0.05) is 12.6 Å². The molecule has 3 aromatic heterocycles.